The Balaban J connectivity index is 1.74. The van der Waals surface area contributed by atoms with E-state index in [2.05, 4.69) is 5.32 Å². The van der Waals surface area contributed by atoms with Gasteiger partial charge in [0, 0.05) is 25.2 Å². The molecule has 1 saturated heterocycles. The molecule has 1 unspecified atom stereocenters. The van der Waals surface area contributed by atoms with Gasteiger partial charge in [-0.05, 0) is 50.0 Å². The van der Waals surface area contributed by atoms with E-state index in [1.807, 2.05) is 0 Å². The van der Waals surface area contributed by atoms with Crippen LogP contribution >= 0.6 is 0 Å². The number of hydrogen-bond acceptors (Lipinski definition) is 7. The van der Waals surface area contributed by atoms with Gasteiger partial charge in [0.05, 0.1) is 36.2 Å². The van der Waals surface area contributed by atoms with Gasteiger partial charge < -0.3 is 15.8 Å². The molecule has 2 aliphatic heterocycles. The molecule has 3 heterocycles. The Labute approximate surface area is 257 Å². The first-order valence-corrected chi connectivity index (χ1v) is 16.3. The second kappa shape index (κ2) is 12.4. The quantitative estimate of drug-likeness (QED) is 0.340. The molecule has 3 aromatic rings. The number of alkyl halides is 3. The van der Waals surface area contributed by atoms with E-state index in [0.29, 0.717) is 31.5 Å². The summed E-state index contributed by atoms with van der Waals surface area (Å²) >= 11 is 0. The Morgan fingerprint density at radius 3 is 2.38 bits per heavy atom. The van der Waals surface area contributed by atoms with Crippen LogP contribution in [0.25, 0.3) is 0 Å². The molecule has 0 radical (unpaired) electrons. The van der Waals surface area contributed by atoms with Gasteiger partial charge in [-0.2, -0.15) is 13.2 Å². The van der Waals surface area contributed by atoms with E-state index in [9.17, 15) is 31.2 Å². The van der Waals surface area contributed by atoms with Crippen LogP contribution < -0.4 is 22.3 Å². The first-order valence-electron chi connectivity index (χ1n) is 14.5. The second-order valence-corrected chi connectivity index (χ2v) is 13.6. The number of sulfonamides is 1. The zero-order chi connectivity index (χ0) is 32.7. The summed E-state index contributed by atoms with van der Waals surface area (Å²) in [5, 5.41) is 3.20. The molecule has 2 aliphatic rings. The van der Waals surface area contributed by atoms with Crippen molar-refractivity contribution in [3.8, 4) is 0 Å². The van der Waals surface area contributed by atoms with Crippen LogP contribution in [0.4, 0.5) is 17.6 Å². The first kappa shape index (κ1) is 33.0. The van der Waals surface area contributed by atoms with Crippen molar-refractivity contribution in [2.75, 3.05) is 32.9 Å². The van der Waals surface area contributed by atoms with Crippen molar-refractivity contribution in [3.63, 3.8) is 0 Å². The van der Waals surface area contributed by atoms with E-state index >= 15 is 4.39 Å². The van der Waals surface area contributed by atoms with Crippen LogP contribution in [0, 0.1) is 5.82 Å². The molecule has 0 bridgehead atoms. The highest BCUT2D eigenvalue weighted by molar-refractivity contribution is 7.88. The summed E-state index contributed by atoms with van der Waals surface area (Å²) in [6.07, 6.45) is -4.35. The summed E-state index contributed by atoms with van der Waals surface area (Å²) in [4.78, 5) is 28.5. The number of benzene rings is 2. The monoisotopic (exact) mass is 653 g/mol. The predicted octanol–water partition coefficient (Wildman–Crippen LogP) is 2.85. The molecule has 244 valence electrons. The van der Waals surface area contributed by atoms with Gasteiger partial charge in [0.2, 0.25) is 10.0 Å². The van der Waals surface area contributed by atoms with Gasteiger partial charge in [-0.15, -0.1) is 0 Å². The van der Waals surface area contributed by atoms with E-state index in [-0.39, 0.29) is 30.8 Å². The lowest BCUT2D eigenvalue weighted by Crippen LogP contribution is -2.49. The molecule has 0 saturated carbocycles. The number of nitrogens with zero attached hydrogens (tertiary/aromatic N) is 3. The maximum atomic E-state index is 15.2. The van der Waals surface area contributed by atoms with Gasteiger partial charge in [0.25, 0.3) is 5.56 Å². The minimum atomic E-state index is -4.93. The number of halogens is 4. The Morgan fingerprint density at radius 1 is 1.09 bits per heavy atom. The lowest BCUT2D eigenvalue weighted by molar-refractivity contribution is -0.138. The van der Waals surface area contributed by atoms with Crippen molar-refractivity contribution >= 4 is 10.0 Å². The number of rotatable bonds is 9. The second-order valence-electron chi connectivity index (χ2n) is 11.5. The smallest absolute Gasteiger partial charge is 0.360 e. The first-order chi connectivity index (χ1) is 21.1. The fourth-order valence-corrected chi connectivity index (χ4v) is 6.62. The molecule has 2 atom stereocenters. The highest BCUT2D eigenvalue weighted by atomic mass is 32.2. The van der Waals surface area contributed by atoms with E-state index in [1.165, 1.54) is 7.05 Å². The summed E-state index contributed by atoms with van der Waals surface area (Å²) in [5.41, 5.74) is 2.26. The van der Waals surface area contributed by atoms with Crippen LogP contribution in [0.15, 0.2) is 58.1 Å². The molecular weight excluding hydrogens is 618 g/mol. The molecule has 15 heteroatoms. The number of aromatic nitrogens is 2. The Morgan fingerprint density at radius 2 is 1.76 bits per heavy atom. The number of ether oxygens (including phenoxy) is 1. The summed E-state index contributed by atoms with van der Waals surface area (Å²) in [5.74, 6) is -1.17. The third kappa shape index (κ3) is 6.49. The fraction of sp³-hybridized carbons (Fsp3) is 0.467. The predicted molar refractivity (Wildman–Crippen MR) is 159 cm³/mol. The van der Waals surface area contributed by atoms with Crippen molar-refractivity contribution in [1.29, 1.82) is 0 Å². The van der Waals surface area contributed by atoms with Crippen LogP contribution in [0.5, 0.6) is 0 Å². The standard InChI is InChI=1S/C30H35F4N5O5S/c1-37(45(2,42)43)16-11-24-26-25(29(44-24)12-14-36-15-13-29)27(40)39(18-23(35)19-7-4-3-5-8-19)28(41)38(26)17-20-21(30(32,33)34)9-6-10-22(20)31/h3-10,23-24,36H,11-18,35H2,1-2H3/t23?,24-/m1/s1. The number of nitrogens with two attached hydrogens (primary N) is 1. The van der Waals surface area contributed by atoms with Crippen LogP contribution in [-0.2, 0) is 39.6 Å². The number of piperidine rings is 1. The molecule has 2 aromatic carbocycles. The summed E-state index contributed by atoms with van der Waals surface area (Å²) in [7, 11) is -2.25. The van der Waals surface area contributed by atoms with E-state index in [0.717, 1.165) is 37.9 Å². The molecule has 5 rings (SSSR count). The molecule has 3 N–H and O–H groups in total. The van der Waals surface area contributed by atoms with Gasteiger partial charge in [-0.3, -0.25) is 13.9 Å². The SMILES string of the molecule is CN(CC[C@H]1OC2(CCNCC2)c2c1n(Cc1c(F)cccc1C(F)(F)F)c(=O)n(CC(N)c1ccccc1)c2=O)S(C)(=O)=O. The molecule has 0 amide bonds. The number of fused-ring (bicyclic) bond motifs is 2. The minimum Gasteiger partial charge on any atom is -0.360 e. The van der Waals surface area contributed by atoms with E-state index in [1.54, 1.807) is 30.3 Å². The normalized spacial score (nSPS) is 18.8. The van der Waals surface area contributed by atoms with Crippen molar-refractivity contribution in [2.45, 2.75) is 56.3 Å². The van der Waals surface area contributed by atoms with Crippen LogP contribution in [0.2, 0.25) is 0 Å². The lowest BCUT2D eigenvalue weighted by Gasteiger charge is -2.34. The Kier molecular flexibility index (Phi) is 9.12. The number of hydrogen-bond donors (Lipinski definition) is 2. The molecule has 1 fully saturated rings. The Bertz CT molecular complexity index is 1790. The third-order valence-corrected chi connectivity index (χ3v) is 9.94. The third-order valence-electron chi connectivity index (χ3n) is 8.63. The molecule has 1 spiro atoms. The fourth-order valence-electron chi connectivity index (χ4n) is 6.18. The largest absolute Gasteiger partial charge is 0.416 e. The van der Waals surface area contributed by atoms with Gasteiger partial charge >= 0.3 is 11.9 Å². The average molecular weight is 654 g/mol. The highest BCUT2D eigenvalue weighted by Crippen LogP contribution is 2.48. The molecule has 45 heavy (non-hydrogen) atoms. The van der Waals surface area contributed by atoms with Crippen molar-refractivity contribution in [2.24, 2.45) is 5.73 Å². The molecule has 10 nitrogen and oxygen atoms in total. The van der Waals surface area contributed by atoms with Gasteiger partial charge in [0.1, 0.15) is 17.5 Å². The summed E-state index contributed by atoms with van der Waals surface area (Å²) in [6, 6.07) is 10.4. The Hall–Kier alpha value is -3.37. The average Bonchev–Trinajstić information content (AvgIpc) is 3.29. The van der Waals surface area contributed by atoms with Crippen molar-refractivity contribution in [1.82, 2.24) is 18.8 Å². The number of nitrogens with one attached hydrogen (secondary N) is 1. The van der Waals surface area contributed by atoms with Crippen LogP contribution in [-0.4, -0.2) is 54.8 Å². The van der Waals surface area contributed by atoms with Gasteiger partial charge in [0.15, 0.2) is 0 Å². The lowest BCUT2D eigenvalue weighted by atomic mass is 9.85. The van der Waals surface area contributed by atoms with Gasteiger partial charge in [-0.25, -0.2) is 21.9 Å². The summed E-state index contributed by atoms with van der Waals surface area (Å²) in [6.45, 7) is -0.319. The molecule has 1 aromatic heterocycles. The minimum absolute atomic E-state index is 0.0123. The zero-order valence-corrected chi connectivity index (χ0v) is 25.6. The van der Waals surface area contributed by atoms with Gasteiger partial charge in [-0.1, -0.05) is 36.4 Å². The van der Waals surface area contributed by atoms with E-state index in [4.69, 9.17) is 10.5 Å². The van der Waals surface area contributed by atoms with Crippen LogP contribution in [0.3, 0.4) is 0 Å². The van der Waals surface area contributed by atoms with Crippen molar-refractivity contribution in [3.05, 3.63) is 103 Å². The van der Waals surface area contributed by atoms with E-state index < -0.39 is 68.7 Å². The van der Waals surface area contributed by atoms with Crippen molar-refractivity contribution < 1.29 is 30.7 Å². The zero-order valence-electron chi connectivity index (χ0n) is 24.8. The van der Waals surface area contributed by atoms with Crippen LogP contribution in [0.1, 0.15) is 59.4 Å². The molecule has 0 aliphatic carbocycles. The summed E-state index contributed by atoms with van der Waals surface area (Å²) < 4.78 is 91.1. The maximum Gasteiger partial charge on any atom is 0.416 e. The highest BCUT2D eigenvalue weighted by Gasteiger charge is 2.50. The molecular formula is C30H35F4N5O5S. The topological polar surface area (TPSA) is 129 Å². The maximum absolute atomic E-state index is 15.2.